The van der Waals surface area contributed by atoms with Crippen LogP contribution < -0.4 is 15.0 Å². The van der Waals surface area contributed by atoms with Gasteiger partial charge in [0.25, 0.3) is 0 Å². The van der Waals surface area contributed by atoms with Gasteiger partial charge in [0.2, 0.25) is 5.91 Å². The van der Waals surface area contributed by atoms with Gasteiger partial charge in [-0.15, -0.1) is 0 Å². The number of carbonyl (C=O) groups excluding carboxylic acids is 1. The quantitative estimate of drug-likeness (QED) is 0.674. The molecule has 0 aliphatic carbocycles. The van der Waals surface area contributed by atoms with Gasteiger partial charge in [0.1, 0.15) is 5.75 Å². The van der Waals surface area contributed by atoms with Gasteiger partial charge in [-0.2, -0.15) is 0 Å². The monoisotopic (exact) mass is 418 g/mol. The Morgan fingerprint density at radius 2 is 2.07 bits per heavy atom. The van der Waals surface area contributed by atoms with Crippen molar-refractivity contribution in [3.63, 3.8) is 0 Å². The van der Waals surface area contributed by atoms with E-state index in [0.717, 1.165) is 73.2 Å². The lowest BCUT2D eigenvalue weighted by Crippen LogP contribution is -2.42. The molecular formula is C22H34N4O2S. The zero-order valence-electron chi connectivity index (χ0n) is 18.1. The molecule has 1 unspecified atom stereocenters. The van der Waals surface area contributed by atoms with E-state index in [0.29, 0.717) is 5.92 Å². The molecule has 3 rings (SSSR count). The van der Waals surface area contributed by atoms with E-state index in [9.17, 15) is 4.79 Å². The fourth-order valence-electron chi connectivity index (χ4n) is 3.89. The van der Waals surface area contributed by atoms with E-state index in [2.05, 4.69) is 35.9 Å². The maximum Gasteiger partial charge on any atom is 0.223 e. The molecule has 1 aromatic heterocycles. The minimum atomic E-state index is 0.112. The second-order valence-corrected chi connectivity index (χ2v) is 8.94. The molecule has 1 aromatic carbocycles. The molecule has 0 saturated carbocycles. The van der Waals surface area contributed by atoms with Crippen LogP contribution in [-0.4, -0.2) is 62.2 Å². The molecule has 2 aromatic rings. The molecule has 7 heteroatoms. The molecule has 1 aliphatic heterocycles. The van der Waals surface area contributed by atoms with Crippen molar-refractivity contribution in [2.45, 2.75) is 33.6 Å². The molecule has 1 aliphatic rings. The van der Waals surface area contributed by atoms with Crippen molar-refractivity contribution in [1.82, 2.24) is 15.2 Å². The standard InChI is InChI=1S/C22H34N4O2S/c1-5-25(6-2)15-16(3)14-23-21(27)17-9-11-26(12-10-17)22-24-19-8-7-18(28-4)13-20(19)29-22/h7-8,13,16-17H,5-6,9-12,14-15H2,1-4H3,(H,23,27). The lowest BCUT2D eigenvalue weighted by atomic mass is 9.96. The zero-order valence-corrected chi connectivity index (χ0v) is 18.9. The molecule has 2 heterocycles. The van der Waals surface area contributed by atoms with Gasteiger partial charge in [0.05, 0.1) is 17.3 Å². The largest absolute Gasteiger partial charge is 0.497 e. The molecule has 6 nitrogen and oxygen atoms in total. The van der Waals surface area contributed by atoms with E-state index in [1.54, 1.807) is 18.4 Å². The number of aromatic nitrogens is 1. The molecule has 0 radical (unpaired) electrons. The third-order valence-electron chi connectivity index (χ3n) is 5.81. The number of carbonyl (C=O) groups is 1. The summed E-state index contributed by atoms with van der Waals surface area (Å²) in [5.74, 6) is 1.66. The van der Waals surface area contributed by atoms with Crippen LogP contribution in [0.3, 0.4) is 0 Å². The third-order valence-corrected chi connectivity index (χ3v) is 6.89. The Hall–Kier alpha value is -1.86. The average Bonchev–Trinajstić information content (AvgIpc) is 3.19. The smallest absolute Gasteiger partial charge is 0.223 e. The first kappa shape index (κ1) is 21.8. The number of benzene rings is 1. The van der Waals surface area contributed by atoms with Gasteiger partial charge in [-0.3, -0.25) is 4.79 Å². The summed E-state index contributed by atoms with van der Waals surface area (Å²) in [5, 5.41) is 4.23. The number of nitrogens with one attached hydrogen (secondary N) is 1. The number of amides is 1. The summed E-state index contributed by atoms with van der Waals surface area (Å²) in [6.45, 7) is 12.3. The highest BCUT2D eigenvalue weighted by molar-refractivity contribution is 7.22. The average molecular weight is 419 g/mol. The van der Waals surface area contributed by atoms with Crippen LogP contribution in [-0.2, 0) is 4.79 Å². The number of piperidine rings is 1. The molecular weight excluding hydrogens is 384 g/mol. The second-order valence-electron chi connectivity index (χ2n) is 7.93. The lowest BCUT2D eigenvalue weighted by Gasteiger charge is -2.31. The van der Waals surface area contributed by atoms with Gasteiger partial charge >= 0.3 is 0 Å². The Morgan fingerprint density at radius 1 is 1.34 bits per heavy atom. The summed E-state index contributed by atoms with van der Waals surface area (Å²) < 4.78 is 6.45. The molecule has 1 atom stereocenters. The summed E-state index contributed by atoms with van der Waals surface area (Å²) >= 11 is 1.70. The molecule has 1 saturated heterocycles. The molecule has 29 heavy (non-hydrogen) atoms. The highest BCUT2D eigenvalue weighted by Gasteiger charge is 2.26. The van der Waals surface area contributed by atoms with Gasteiger partial charge in [0, 0.05) is 32.1 Å². The van der Waals surface area contributed by atoms with Crippen LogP contribution >= 0.6 is 11.3 Å². The van der Waals surface area contributed by atoms with E-state index in [4.69, 9.17) is 9.72 Å². The maximum atomic E-state index is 12.6. The van der Waals surface area contributed by atoms with Crippen molar-refractivity contribution < 1.29 is 9.53 Å². The topological polar surface area (TPSA) is 57.7 Å². The van der Waals surface area contributed by atoms with Crippen molar-refractivity contribution in [3.05, 3.63) is 18.2 Å². The number of anilines is 1. The third kappa shape index (κ3) is 5.60. The van der Waals surface area contributed by atoms with Crippen LogP contribution in [0.25, 0.3) is 10.2 Å². The number of ether oxygens (including phenoxy) is 1. The van der Waals surface area contributed by atoms with Crippen LogP contribution in [0.15, 0.2) is 18.2 Å². The fourth-order valence-corrected chi connectivity index (χ4v) is 4.94. The summed E-state index contributed by atoms with van der Waals surface area (Å²) in [6, 6.07) is 5.99. The van der Waals surface area contributed by atoms with E-state index >= 15 is 0 Å². The highest BCUT2D eigenvalue weighted by atomic mass is 32.1. The van der Waals surface area contributed by atoms with Crippen molar-refractivity contribution in [1.29, 1.82) is 0 Å². The number of methoxy groups -OCH3 is 1. The Morgan fingerprint density at radius 3 is 2.72 bits per heavy atom. The molecule has 0 bridgehead atoms. The normalized spacial score (nSPS) is 16.4. The first-order chi connectivity index (χ1) is 14.0. The van der Waals surface area contributed by atoms with Crippen molar-refractivity contribution in [3.8, 4) is 5.75 Å². The predicted octanol–water partition coefficient (Wildman–Crippen LogP) is 3.62. The number of thiazole rings is 1. The minimum Gasteiger partial charge on any atom is -0.497 e. The molecule has 160 valence electrons. The lowest BCUT2D eigenvalue weighted by molar-refractivity contribution is -0.125. The first-order valence-electron chi connectivity index (χ1n) is 10.7. The maximum absolute atomic E-state index is 12.6. The Balaban J connectivity index is 1.48. The highest BCUT2D eigenvalue weighted by Crippen LogP contribution is 2.33. The van der Waals surface area contributed by atoms with E-state index in [1.165, 1.54) is 0 Å². The van der Waals surface area contributed by atoms with Gasteiger partial charge < -0.3 is 19.9 Å². The second kappa shape index (κ2) is 10.3. The minimum absolute atomic E-state index is 0.112. The van der Waals surface area contributed by atoms with Crippen LogP contribution in [0.4, 0.5) is 5.13 Å². The van der Waals surface area contributed by atoms with Crippen molar-refractivity contribution >= 4 is 32.6 Å². The van der Waals surface area contributed by atoms with Crippen molar-refractivity contribution in [2.24, 2.45) is 11.8 Å². The molecule has 0 spiro atoms. The van der Waals surface area contributed by atoms with Crippen LogP contribution in [0, 0.1) is 11.8 Å². The molecule has 1 amide bonds. The Labute approximate surface area is 178 Å². The summed E-state index contributed by atoms with van der Waals surface area (Å²) in [6.07, 6.45) is 1.77. The predicted molar refractivity (Wildman–Crippen MR) is 121 cm³/mol. The molecule has 1 fully saturated rings. The summed E-state index contributed by atoms with van der Waals surface area (Å²) in [4.78, 5) is 22.1. The SMILES string of the molecule is CCN(CC)CC(C)CNC(=O)C1CCN(c2nc3ccc(OC)cc3s2)CC1. The number of hydrogen-bond donors (Lipinski definition) is 1. The zero-order chi connectivity index (χ0) is 20.8. The van der Waals surface area contributed by atoms with Crippen LogP contribution in [0.5, 0.6) is 5.75 Å². The number of nitrogens with zero attached hydrogens (tertiary/aromatic N) is 3. The van der Waals surface area contributed by atoms with Gasteiger partial charge in [-0.25, -0.2) is 4.98 Å². The van der Waals surface area contributed by atoms with Crippen LogP contribution in [0.1, 0.15) is 33.6 Å². The van der Waals surface area contributed by atoms with Crippen molar-refractivity contribution in [2.75, 3.05) is 51.3 Å². The van der Waals surface area contributed by atoms with E-state index < -0.39 is 0 Å². The Bertz CT molecular complexity index is 797. The van der Waals surface area contributed by atoms with Gasteiger partial charge in [-0.1, -0.05) is 32.1 Å². The number of rotatable bonds is 9. The van der Waals surface area contributed by atoms with Crippen LogP contribution in [0.2, 0.25) is 0 Å². The van der Waals surface area contributed by atoms with Gasteiger partial charge in [0.15, 0.2) is 5.13 Å². The Kier molecular flexibility index (Phi) is 7.72. The van der Waals surface area contributed by atoms with E-state index in [-0.39, 0.29) is 11.8 Å². The first-order valence-corrected chi connectivity index (χ1v) is 11.5. The van der Waals surface area contributed by atoms with Gasteiger partial charge in [-0.05, 0) is 50.0 Å². The number of hydrogen-bond acceptors (Lipinski definition) is 6. The fraction of sp³-hybridized carbons (Fsp3) is 0.636. The molecule has 1 N–H and O–H groups in total. The summed E-state index contributed by atoms with van der Waals surface area (Å²) in [7, 11) is 1.68. The van der Waals surface area contributed by atoms with E-state index in [1.807, 2.05) is 18.2 Å². The number of fused-ring (bicyclic) bond motifs is 1. The summed E-state index contributed by atoms with van der Waals surface area (Å²) in [5.41, 5.74) is 1.01.